The van der Waals surface area contributed by atoms with Crippen molar-refractivity contribution in [1.82, 2.24) is 15.3 Å². The molecule has 1 fully saturated rings. The third kappa shape index (κ3) is 4.61. The molecule has 0 saturated heterocycles. The smallest absolute Gasteiger partial charge is 0.229 e. The van der Waals surface area contributed by atoms with Crippen molar-refractivity contribution in [3.63, 3.8) is 0 Å². The third-order valence-corrected chi connectivity index (χ3v) is 4.90. The first-order valence-electron chi connectivity index (χ1n) is 8.11. The number of nitrogens with zero attached hydrogens (tertiary/aromatic N) is 2. The normalized spacial score (nSPS) is 14.5. The van der Waals surface area contributed by atoms with E-state index >= 15 is 0 Å². The molecule has 2 heterocycles. The summed E-state index contributed by atoms with van der Waals surface area (Å²) in [6.07, 6.45) is 7.77. The van der Waals surface area contributed by atoms with Gasteiger partial charge in [-0.15, -0.1) is 11.3 Å². The molecule has 2 aromatic rings. The number of amides is 2. The van der Waals surface area contributed by atoms with Crippen LogP contribution in [0.2, 0.25) is 0 Å². The molecule has 1 saturated carbocycles. The summed E-state index contributed by atoms with van der Waals surface area (Å²) in [6.45, 7) is 0.469. The van der Waals surface area contributed by atoms with E-state index in [2.05, 4.69) is 20.6 Å². The minimum absolute atomic E-state index is 0.0514. The number of hydrogen-bond donors (Lipinski definition) is 2. The van der Waals surface area contributed by atoms with Gasteiger partial charge in [0.15, 0.2) is 5.13 Å². The zero-order chi connectivity index (χ0) is 16.8. The van der Waals surface area contributed by atoms with E-state index in [1.165, 1.54) is 11.3 Å². The van der Waals surface area contributed by atoms with Gasteiger partial charge in [0.2, 0.25) is 11.8 Å². The first kappa shape index (κ1) is 16.6. The van der Waals surface area contributed by atoms with Crippen molar-refractivity contribution in [3.8, 4) is 0 Å². The van der Waals surface area contributed by atoms with E-state index in [1.54, 1.807) is 12.4 Å². The van der Waals surface area contributed by atoms with Crippen LogP contribution in [-0.2, 0) is 22.6 Å². The lowest BCUT2D eigenvalue weighted by molar-refractivity contribution is -0.121. The first-order chi connectivity index (χ1) is 11.7. The van der Waals surface area contributed by atoms with Crippen LogP contribution in [-0.4, -0.2) is 21.8 Å². The van der Waals surface area contributed by atoms with Crippen LogP contribution in [0.1, 0.15) is 36.9 Å². The molecule has 6 nitrogen and oxygen atoms in total. The van der Waals surface area contributed by atoms with Crippen LogP contribution in [0.3, 0.4) is 0 Å². The van der Waals surface area contributed by atoms with Crippen molar-refractivity contribution in [1.29, 1.82) is 0 Å². The topological polar surface area (TPSA) is 84.0 Å². The zero-order valence-electron chi connectivity index (χ0n) is 13.3. The molecule has 1 aliphatic rings. The summed E-state index contributed by atoms with van der Waals surface area (Å²) in [7, 11) is 0. The van der Waals surface area contributed by atoms with E-state index in [1.807, 2.05) is 17.5 Å². The van der Waals surface area contributed by atoms with Crippen molar-refractivity contribution >= 4 is 28.3 Å². The number of aromatic nitrogens is 2. The van der Waals surface area contributed by atoms with Gasteiger partial charge in [0, 0.05) is 30.2 Å². The van der Waals surface area contributed by atoms with E-state index in [4.69, 9.17) is 0 Å². The summed E-state index contributed by atoms with van der Waals surface area (Å²) in [6, 6.07) is 3.72. The lowest BCUT2D eigenvalue weighted by Gasteiger charge is -2.07. The van der Waals surface area contributed by atoms with Gasteiger partial charge in [-0.05, 0) is 30.5 Å². The van der Waals surface area contributed by atoms with Gasteiger partial charge in [0.25, 0.3) is 0 Å². The summed E-state index contributed by atoms with van der Waals surface area (Å²) in [5, 5.41) is 8.11. The van der Waals surface area contributed by atoms with E-state index in [-0.39, 0.29) is 24.2 Å². The molecule has 0 aromatic carbocycles. The second-order valence-electron chi connectivity index (χ2n) is 5.92. The average Bonchev–Trinajstić information content (AvgIpc) is 3.26. The highest BCUT2D eigenvalue weighted by molar-refractivity contribution is 7.13. The SMILES string of the molecule is O=C(Cc1csc(NC(=O)C2CCCC2)n1)NCc1ccncc1. The Morgan fingerprint density at radius 2 is 1.96 bits per heavy atom. The fraction of sp³-hybridized carbons (Fsp3) is 0.412. The zero-order valence-corrected chi connectivity index (χ0v) is 14.1. The van der Waals surface area contributed by atoms with Gasteiger partial charge in [0.1, 0.15) is 0 Å². The molecular formula is C17H20N4O2S. The Morgan fingerprint density at radius 1 is 1.21 bits per heavy atom. The predicted molar refractivity (Wildman–Crippen MR) is 92.5 cm³/mol. The molecule has 0 aliphatic heterocycles. The van der Waals surface area contributed by atoms with Gasteiger partial charge in [-0.2, -0.15) is 0 Å². The van der Waals surface area contributed by atoms with Gasteiger partial charge in [-0.3, -0.25) is 14.6 Å². The molecule has 0 spiro atoms. The number of hydrogen-bond acceptors (Lipinski definition) is 5. The fourth-order valence-corrected chi connectivity index (χ4v) is 3.48. The van der Waals surface area contributed by atoms with Crippen LogP contribution in [0.4, 0.5) is 5.13 Å². The maximum atomic E-state index is 12.1. The summed E-state index contributed by atoms with van der Waals surface area (Å²) in [5.74, 6) is 0.0716. The number of pyridine rings is 1. The lowest BCUT2D eigenvalue weighted by atomic mass is 10.1. The van der Waals surface area contributed by atoms with Crippen LogP contribution in [0, 0.1) is 5.92 Å². The molecule has 3 rings (SSSR count). The Kier molecular flexibility index (Phi) is 5.53. The van der Waals surface area contributed by atoms with E-state index < -0.39 is 0 Å². The van der Waals surface area contributed by atoms with Crippen LogP contribution in [0.15, 0.2) is 29.9 Å². The molecule has 0 radical (unpaired) electrons. The Balaban J connectivity index is 1.46. The molecule has 2 amide bonds. The largest absolute Gasteiger partial charge is 0.352 e. The van der Waals surface area contributed by atoms with Gasteiger partial charge < -0.3 is 10.6 Å². The molecule has 0 atom stereocenters. The maximum absolute atomic E-state index is 12.1. The average molecular weight is 344 g/mol. The monoisotopic (exact) mass is 344 g/mol. The molecular weight excluding hydrogens is 324 g/mol. The van der Waals surface area contributed by atoms with E-state index in [0.29, 0.717) is 17.4 Å². The third-order valence-electron chi connectivity index (χ3n) is 4.09. The Bertz CT molecular complexity index is 696. The van der Waals surface area contributed by atoms with Crippen LogP contribution in [0.25, 0.3) is 0 Å². The molecule has 24 heavy (non-hydrogen) atoms. The standard InChI is InChI=1S/C17H20N4O2S/c22-15(19-10-12-5-7-18-8-6-12)9-14-11-24-17(20-14)21-16(23)13-3-1-2-4-13/h5-8,11,13H,1-4,9-10H2,(H,19,22)(H,20,21,23). The second kappa shape index (κ2) is 8.01. The van der Waals surface area contributed by atoms with Crippen molar-refractivity contribution in [2.45, 2.75) is 38.6 Å². The van der Waals surface area contributed by atoms with Crippen LogP contribution < -0.4 is 10.6 Å². The first-order valence-corrected chi connectivity index (χ1v) is 8.99. The van der Waals surface area contributed by atoms with Gasteiger partial charge in [-0.25, -0.2) is 4.98 Å². The number of thiazole rings is 1. The lowest BCUT2D eigenvalue weighted by Crippen LogP contribution is -2.24. The highest BCUT2D eigenvalue weighted by atomic mass is 32.1. The molecule has 126 valence electrons. The van der Waals surface area contributed by atoms with Gasteiger partial charge in [-0.1, -0.05) is 12.8 Å². The minimum Gasteiger partial charge on any atom is -0.352 e. The molecule has 0 unspecified atom stereocenters. The predicted octanol–water partition coefficient (Wildman–Crippen LogP) is 2.53. The molecule has 7 heteroatoms. The summed E-state index contributed by atoms with van der Waals surface area (Å²) in [4.78, 5) is 32.3. The number of anilines is 1. The van der Waals surface area contributed by atoms with Crippen molar-refractivity contribution in [2.75, 3.05) is 5.32 Å². The molecule has 0 bridgehead atoms. The number of carbonyl (C=O) groups excluding carboxylic acids is 2. The number of carbonyl (C=O) groups is 2. The highest BCUT2D eigenvalue weighted by Crippen LogP contribution is 2.26. The molecule has 1 aliphatic carbocycles. The van der Waals surface area contributed by atoms with Crippen molar-refractivity contribution < 1.29 is 9.59 Å². The van der Waals surface area contributed by atoms with Crippen molar-refractivity contribution in [3.05, 3.63) is 41.2 Å². The quantitative estimate of drug-likeness (QED) is 0.843. The van der Waals surface area contributed by atoms with Gasteiger partial charge in [0.05, 0.1) is 12.1 Å². The summed E-state index contributed by atoms with van der Waals surface area (Å²) >= 11 is 1.36. The maximum Gasteiger partial charge on any atom is 0.229 e. The van der Waals surface area contributed by atoms with Crippen LogP contribution in [0.5, 0.6) is 0 Å². The van der Waals surface area contributed by atoms with Crippen molar-refractivity contribution in [2.24, 2.45) is 5.92 Å². The van der Waals surface area contributed by atoms with Crippen LogP contribution >= 0.6 is 11.3 Å². The second-order valence-corrected chi connectivity index (χ2v) is 6.78. The highest BCUT2D eigenvalue weighted by Gasteiger charge is 2.23. The Hall–Kier alpha value is -2.28. The molecule has 2 aromatic heterocycles. The Labute approximate surface area is 144 Å². The van der Waals surface area contributed by atoms with Gasteiger partial charge >= 0.3 is 0 Å². The number of rotatable bonds is 6. The fourth-order valence-electron chi connectivity index (χ4n) is 2.77. The molecule has 2 N–H and O–H groups in total. The summed E-state index contributed by atoms with van der Waals surface area (Å²) < 4.78 is 0. The van der Waals surface area contributed by atoms with E-state index in [9.17, 15) is 9.59 Å². The minimum atomic E-state index is -0.0919. The number of nitrogens with one attached hydrogen (secondary N) is 2. The van der Waals surface area contributed by atoms with E-state index in [0.717, 1.165) is 31.2 Å². The Morgan fingerprint density at radius 3 is 2.71 bits per heavy atom. The summed E-state index contributed by atoms with van der Waals surface area (Å²) in [5.41, 5.74) is 1.68.